The van der Waals surface area contributed by atoms with Crippen LogP contribution in [-0.4, -0.2) is 23.9 Å². The Bertz CT molecular complexity index is 979. The molecule has 0 saturated heterocycles. The molecule has 2 aromatic rings. The number of nitrogens with one attached hydrogen (secondary N) is 2. The predicted molar refractivity (Wildman–Crippen MR) is 110 cm³/mol. The molecule has 0 bridgehead atoms. The lowest BCUT2D eigenvalue weighted by Gasteiger charge is -2.27. The maximum Gasteiger partial charge on any atom is 0.338 e. The number of carbonyl (C=O) groups is 3. The number of aryl methyl sites for hydroxylation is 1. The zero-order chi connectivity index (χ0) is 21.5. The Morgan fingerprint density at radius 2 is 1.90 bits per heavy atom. The van der Waals surface area contributed by atoms with E-state index in [1.165, 1.54) is 29.8 Å². The van der Waals surface area contributed by atoms with Crippen LogP contribution in [0.3, 0.4) is 0 Å². The van der Waals surface area contributed by atoms with Crippen LogP contribution in [0.4, 0.5) is 5.69 Å². The van der Waals surface area contributed by atoms with Crippen LogP contribution in [0, 0.1) is 11.3 Å². The van der Waals surface area contributed by atoms with Gasteiger partial charge in [0.15, 0.2) is 6.10 Å². The fraction of sp³-hybridized carbons (Fsp3) is 0.304. The molecule has 0 unspecified atom stereocenters. The molecular formula is C23H23N3O4. The summed E-state index contributed by atoms with van der Waals surface area (Å²) in [4.78, 5) is 36.3. The fourth-order valence-corrected chi connectivity index (χ4v) is 3.44. The first kappa shape index (κ1) is 21.1. The molecule has 0 radical (unpaired) electrons. The molecule has 1 aliphatic rings. The molecular weight excluding hydrogens is 382 g/mol. The molecule has 0 aromatic heterocycles. The fourth-order valence-electron chi connectivity index (χ4n) is 3.44. The Balaban J connectivity index is 1.56. The molecule has 2 aromatic carbocycles. The number of rotatable bonds is 6. The highest BCUT2D eigenvalue weighted by atomic mass is 16.5. The van der Waals surface area contributed by atoms with Crippen LogP contribution in [-0.2, 0) is 20.7 Å². The van der Waals surface area contributed by atoms with Crippen LogP contribution in [0.2, 0.25) is 0 Å². The first-order chi connectivity index (χ1) is 14.5. The molecule has 2 N–H and O–H groups in total. The average Bonchev–Trinajstić information content (AvgIpc) is 2.74. The molecule has 7 nitrogen and oxygen atoms in total. The zero-order valence-corrected chi connectivity index (χ0v) is 16.7. The normalized spacial score (nSPS) is 15.8. The van der Waals surface area contributed by atoms with Gasteiger partial charge in [-0.2, -0.15) is 5.26 Å². The summed E-state index contributed by atoms with van der Waals surface area (Å²) < 4.78 is 5.31. The first-order valence-corrected chi connectivity index (χ1v) is 9.84. The molecule has 154 valence electrons. The summed E-state index contributed by atoms with van der Waals surface area (Å²) in [5, 5.41) is 14.0. The Labute approximate surface area is 175 Å². The Morgan fingerprint density at radius 1 is 1.17 bits per heavy atom. The lowest BCUT2D eigenvalue weighted by atomic mass is 9.87. The minimum absolute atomic E-state index is 0.0834. The van der Waals surface area contributed by atoms with Gasteiger partial charge in [-0.15, -0.1) is 0 Å². The highest BCUT2D eigenvalue weighted by molar-refractivity contribution is 5.94. The van der Waals surface area contributed by atoms with Crippen LogP contribution in [0.1, 0.15) is 53.7 Å². The van der Waals surface area contributed by atoms with Crippen molar-refractivity contribution >= 4 is 23.5 Å². The predicted octanol–water partition coefficient (Wildman–Crippen LogP) is 3.28. The quantitative estimate of drug-likeness (QED) is 0.717. The van der Waals surface area contributed by atoms with Gasteiger partial charge in [0.1, 0.15) is 6.42 Å². The van der Waals surface area contributed by atoms with Gasteiger partial charge < -0.3 is 15.4 Å². The minimum atomic E-state index is -0.943. The van der Waals surface area contributed by atoms with Gasteiger partial charge in [-0.25, -0.2) is 4.79 Å². The number of esters is 1. The monoisotopic (exact) mass is 405 g/mol. The van der Waals surface area contributed by atoms with E-state index in [1.54, 1.807) is 13.0 Å². The number of anilines is 1. The van der Waals surface area contributed by atoms with E-state index >= 15 is 0 Å². The van der Waals surface area contributed by atoms with E-state index in [4.69, 9.17) is 10.00 Å². The van der Waals surface area contributed by atoms with Crippen molar-refractivity contribution in [2.45, 2.75) is 44.8 Å². The topological polar surface area (TPSA) is 108 Å². The lowest BCUT2D eigenvalue weighted by Crippen LogP contribution is -2.39. The summed E-state index contributed by atoms with van der Waals surface area (Å²) in [7, 11) is 0. The minimum Gasteiger partial charge on any atom is -0.449 e. The van der Waals surface area contributed by atoms with E-state index < -0.39 is 18.0 Å². The van der Waals surface area contributed by atoms with E-state index in [9.17, 15) is 14.4 Å². The van der Waals surface area contributed by atoms with E-state index in [0.717, 1.165) is 24.8 Å². The van der Waals surface area contributed by atoms with Gasteiger partial charge in [-0.05, 0) is 61.6 Å². The third-order valence-corrected chi connectivity index (χ3v) is 4.98. The molecule has 2 amide bonds. The summed E-state index contributed by atoms with van der Waals surface area (Å²) in [6, 6.07) is 15.8. The third-order valence-electron chi connectivity index (χ3n) is 4.98. The van der Waals surface area contributed by atoms with Crippen molar-refractivity contribution in [2.75, 3.05) is 5.32 Å². The van der Waals surface area contributed by atoms with Gasteiger partial charge in [-0.3, -0.25) is 9.59 Å². The second-order valence-corrected chi connectivity index (χ2v) is 7.16. The van der Waals surface area contributed by atoms with Gasteiger partial charge in [0.05, 0.1) is 17.7 Å². The van der Waals surface area contributed by atoms with Crippen molar-refractivity contribution in [2.24, 2.45) is 0 Å². The van der Waals surface area contributed by atoms with Crippen molar-refractivity contribution in [1.29, 1.82) is 5.26 Å². The summed E-state index contributed by atoms with van der Waals surface area (Å²) in [5.74, 6) is -1.40. The Morgan fingerprint density at radius 3 is 2.63 bits per heavy atom. The number of amides is 2. The molecule has 1 aliphatic carbocycles. The highest BCUT2D eigenvalue weighted by Gasteiger charge is 2.25. The molecule has 0 heterocycles. The maximum absolute atomic E-state index is 12.6. The largest absolute Gasteiger partial charge is 0.449 e. The van der Waals surface area contributed by atoms with Crippen molar-refractivity contribution in [3.63, 3.8) is 0 Å². The first-order valence-electron chi connectivity index (χ1n) is 9.84. The Hall–Kier alpha value is -3.66. The van der Waals surface area contributed by atoms with Gasteiger partial charge in [0, 0.05) is 5.69 Å². The van der Waals surface area contributed by atoms with Gasteiger partial charge in [-0.1, -0.05) is 24.3 Å². The number of hydrogen-bond donors (Lipinski definition) is 2. The average molecular weight is 405 g/mol. The molecule has 0 saturated carbocycles. The van der Waals surface area contributed by atoms with Crippen molar-refractivity contribution in [1.82, 2.24) is 5.32 Å². The molecule has 0 fully saturated rings. The summed E-state index contributed by atoms with van der Waals surface area (Å²) >= 11 is 0. The summed E-state index contributed by atoms with van der Waals surface area (Å²) in [6.45, 7) is 1.54. The number of carbonyl (C=O) groups excluding carboxylic acids is 3. The molecule has 0 aliphatic heterocycles. The van der Waals surface area contributed by atoms with Gasteiger partial charge in [0.2, 0.25) is 5.91 Å². The standard InChI is InChI=1S/C23H23N3O4/c1-15(22(28)26-20-8-4-6-16-5-2-3-7-19(16)20)30-23(29)17-9-11-18(12-10-17)25-21(27)13-14-24/h2-3,5,7,9-12,15,20H,4,6,8,13H2,1H3,(H,25,27)(H,26,28)/t15-,20-/m1/s1. The van der Waals surface area contributed by atoms with Crippen molar-refractivity contribution in [3.8, 4) is 6.07 Å². The molecule has 3 rings (SSSR count). The smallest absolute Gasteiger partial charge is 0.338 e. The van der Waals surface area contributed by atoms with E-state index in [2.05, 4.69) is 16.7 Å². The number of fused-ring (bicyclic) bond motifs is 1. The molecule has 7 heteroatoms. The van der Waals surface area contributed by atoms with E-state index in [0.29, 0.717) is 5.69 Å². The number of hydrogen-bond acceptors (Lipinski definition) is 5. The van der Waals surface area contributed by atoms with Gasteiger partial charge >= 0.3 is 5.97 Å². The second-order valence-electron chi connectivity index (χ2n) is 7.16. The van der Waals surface area contributed by atoms with Crippen LogP contribution in [0.15, 0.2) is 48.5 Å². The number of nitrogens with zero attached hydrogens (tertiary/aromatic N) is 1. The van der Waals surface area contributed by atoms with Crippen LogP contribution < -0.4 is 10.6 Å². The van der Waals surface area contributed by atoms with Crippen LogP contribution in [0.5, 0.6) is 0 Å². The zero-order valence-electron chi connectivity index (χ0n) is 16.7. The van der Waals surface area contributed by atoms with Gasteiger partial charge in [0.25, 0.3) is 5.91 Å². The lowest BCUT2D eigenvalue weighted by molar-refractivity contribution is -0.130. The number of ether oxygens (including phenoxy) is 1. The number of nitriles is 1. The second kappa shape index (κ2) is 9.70. The Kier molecular flexibility index (Phi) is 6.81. The molecule has 2 atom stereocenters. The molecule has 0 spiro atoms. The van der Waals surface area contributed by atoms with Crippen LogP contribution >= 0.6 is 0 Å². The summed E-state index contributed by atoms with van der Waals surface area (Å²) in [6.07, 6.45) is 1.65. The number of benzene rings is 2. The SMILES string of the molecule is C[C@@H](OC(=O)c1ccc(NC(=O)CC#N)cc1)C(=O)N[C@@H]1CCCc2ccccc21. The summed E-state index contributed by atoms with van der Waals surface area (Å²) in [5.41, 5.74) is 3.08. The van der Waals surface area contributed by atoms with Crippen molar-refractivity contribution in [3.05, 3.63) is 65.2 Å². The van der Waals surface area contributed by atoms with E-state index in [-0.39, 0.29) is 23.9 Å². The third kappa shape index (κ3) is 5.23. The van der Waals surface area contributed by atoms with Crippen LogP contribution in [0.25, 0.3) is 0 Å². The highest BCUT2D eigenvalue weighted by Crippen LogP contribution is 2.29. The van der Waals surface area contributed by atoms with Crippen molar-refractivity contribution < 1.29 is 19.1 Å². The molecule has 30 heavy (non-hydrogen) atoms. The van der Waals surface area contributed by atoms with E-state index in [1.807, 2.05) is 18.2 Å². The maximum atomic E-state index is 12.6.